The number of benzene rings is 3. The molecule has 236 valence electrons. The molecule has 0 aliphatic carbocycles. The molecule has 2 amide bonds. The van der Waals surface area contributed by atoms with E-state index in [2.05, 4.69) is 15.6 Å². The molecule has 3 unspecified atom stereocenters. The van der Waals surface area contributed by atoms with Gasteiger partial charge in [0.15, 0.2) is 11.4 Å². The average molecular weight is 654 g/mol. The molecule has 45 heavy (non-hydrogen) atoms. The topological polar surface area (TPSA) is 124 Å². The maximum Gasteiger partial charge on any atom is 0.325 e. The number of aliphatic hydroxyl groups is 1. The fourth-order valence-corrected chi connectivity index (χ4v) is 5.41. The Kier molecular flexibility index (Phi) is 11.1. The van der Waals surface area contributed by atoms with Gasteiger partial charge in [-0.3, -0.25) is 4.79 Å². The zero-order valence-electron chi connectivity index (χ0n) is 24.6. The summed E-state index contributed by atoms with van der Waals surface area (Å²) in [6, 6.07) is 22.9. The van der Waals surface area contributed by atoms with Gasteiger partial charge in [0.2, 0.25) is 0 Å². The van der Waals surface area contributed by atoms with Gasteiger partial charge in [0, 0.05) is 18.5 Å². The van der Waals surface area contributed by atoms with Crippen molar-refractivity contribution in [3.05, 3.63) is 112 Å². The van der Waals surface area contributed by atoms with E-state index in [0.29, 0.717) is 18.1 Å². The van der Waals surface area contributed by atoms with Crippen molar-refractivity contribution in [1.82, 2.24) is 20.2 Å². The number of aliphatic hydroxyl groups excluding tert-OH is 1. The summed E-state index contributed by atoms with van der Waals surface area (Å²) < 4.78 is 19.5. The second kappa shape index (κ2) is 15.4. The van der Waals surface area contributed by atoms with Gasteiger partial charge in [-0.2, -0.15) is 0 Å². The Hall–Kier alpha value is -3.93. The number of imidazole rings is 1. The van der Waals surface area contributed by atoms with Crippen LogP contribution in [0.15, 0.2) is 79.1 Å². The van der Waals surface area contributed by atoms with E-state index in [1.165, 1.54) is 0 Å². The van der Waals surface area contributed by atoms with E-state index in [0.717, 1.165) is 33.4 Å². The van der Waals surface area contributed by atoms with Crippen LogP contribution in [0.3, 0.4) is 0 Å². The number of aromatic nitrogens is 2. The monoisotopic (exact) mass is 652 g/mol. The summed E-state index contributed by atoms with van der Waals surface area (Å²) in [5, 5.41) is 15.4. The van der Waals surface area contributed by atoms with Gasteiger partial charge in [-0.1, -0.05) is 96.0 Å². The minimum atomic E-state index is -0.655. The van der Waals surface area contributed by atoms with E-state index in [1.807, 2.05) is 72.8 Å². The summed E-state index contributed by atoms with van der Waals surface area (Å²) in [7, 11) is 0. The van der Waals surface area contributed by atoms with Crippen LogP contribution in [0.25, 0.3) is 11.1 Å². The van der Waals surface area contributed by atoms with E-state index in [4.69, 9.17) is 37.4 Å². The van der Waals surface area contributed by atoms with E-state index >= 15 is 0 Å². The van der Waals surface area contributed by atoms with E-state index in [-0.39, 0.29) is 43.7 Å². The highest BCUT2D eigenvalue weighted by Gasteiger charge is 2.33. The molecular weight excluding hydrogens is 619 g/mol. The molecule has 12 heteroatoms. The van der Waals surface area contributed by atoms with Gasteiger partial charge in [-0.25, -0.2) is 9.78 Å². The van der Waals surface area contributed by atoms with Crippen molar-refractivity contribution in [2.45, 2.75) is 51.5 Å². The van der Waals surface area contributed by atoms with Crippen LogP contribution in [0.1, 0.15) is 48.0 Å². The Morgan fingerprint density at radius 3 is 2.42 bits per heavy atom. The van der Waals surface area contributed by atoms with E-state index < -0.39 is 18.3 Å². The Balaban J connectivity index is 1.31. The van der Waals surface area contributed by atoms with Crippen molar-refractivity contribution >= 4 is 35.2 Å². The van der Waals surface area contributed by atoms with Crippen LogP contribution in [-0.4, -0.2) is 45.9 Å². The second-order valence-corrected chi connectivity index (χ2v) is 11.2. The number of amides is 2. The number of halogens is 2. The molecule has 0 bridgehead atoms. The average Bonchev–Trinajstić information content (AvgIpc) is 3.38. The molecule has 10 nitrogen and oxygen atoms in total. The molecule has 0 saturated carbocycles. The summed E-state index contributed by atoms with van der Waals surface area (Å²) in [6.45, 7) is 2.43. The standard InChI is InChI=1S/C33H34Cl2N4O6/c1-2-43-29(41)17-37-33(42)36-16-25-5-3-4-6-27(25)22-11-13-24(14-12-22)32-44-26(18-39-20-38-30(34)31(39)35)15-28(45-32)23-9-7-21(19-40)8-10-23/h3-14,20,26,28,32,40H,2,15-19H2,1H3,(H2,36,37,42). The van der Waals surface area contributed by atoms with Crippen molar-refractivity contribution in [3.8, 4) is 11.1 Å². The second-order valence-electron chi connectivity index (χ2n) is 10.4. The minimum absolute atomic E-state index is 0.0335. The van der Waals surface area contributed by atoms with Gasteiger partial charge in [-0.15, -0.1) is 0 Å². The number of carbonyl (C=O) groups is 2. The number of nitrogens with one attached hydrogen (secondary N) is 2. The van der Waals surface area contributed by atoms with Crippen molar-refractivity contribution in [2.24, 2.45) is 0 Å². The lowest BCUT2D eigenvalue weighted by atomic mass is 9.97. The van der Waals surface area contributed by atoms with Crippen molar-refractivity contribution in [2.75, 3.05) is 13.2 Å². The molecule has 0 spiro atoms. The highest BCUT2D eigenvalue weighted by Crippen LogP contribution is 2.39. The molecule has 1 aromatic heterocycles. The van der Waals surface area contributed by atoms with Crippen LogP contribution in [0.2, 0.25) is 10.3 Å². The number of esters is 1. The molecule has 1 aliphatic rings. The summed E-state index contributed by atoms with van der Waals surface area (Å²) in [4.78, 5) is 27.8. The molecule has 1 fully saturated rings. The number of ether oxygens (including phenoxy) is 3. The van der Waals surface area contributed by atoms with Crippen LogP contribution in [-0.2, 0) is 38.7 Å². The Morgan fingerprint density at radius 1 is 1.00 bits per heavy atom. The van der Waals surface area contributed by atoms with Crippen LogP contribution in [0.5, 0.6) is 0 Å². The number of carbonyl (C=O) groups excluding carboxylic acids is 2. The van der Waals surface area contributed by atoms with Gasteiger partial charge in [0.25, 0.3) is 0 Å². The summed E-state index contributed by atoms with van der Waals surface area (Å²) in [5.74, 6) is -0.494. The number of rotatable bonds is 11. The fraction of sp³-hybridized carbons (Fsp3) is 0.303. The smallest absolute Gasteiger partial charge is 0.325 e. The van der Waals surface area contributed by atoms with Crippen LogP contribution in [0, 0.1) is 0 Å². The number of nitrogens with zero attached hydrogens (tertiary/aromatic N) is 2. The summed E-state index contributed by atoms with van der Waals surface area (Å²) >= 11 is 12.4. The molecule has 2 heterocycles. The predicted molar refractivity (Wildman–Crippen MR) is 169 cm³/mol. The zero-order chi connectivity index (χ0) is 31.8. The highest BCUT2D eigenvalue weighted by atomic mass is 35.5. The van der Waals surface area contributed by atoms with Crippen molar-refractivity contribution in [3.63, 3.8) is 0 Å². The first-order valence-corrected chi connectivity index (χ1v) is 15.3. The molecule has 0 radical (unpaired) electrons. The Morgan fingerprint density at radius 2 is 1.73 bits per heavy atom. The molecule has 1 saturated heterocycles. The van der Waals surface area contributed by atoms with Crippen LogP contribution < -0.4 is 10.6 Å². The molecule has 1 aliphatic heterocycles. The quantitative estimate of drug-likeness (QED) is 0.171. The third-order valence-electron chi connectivity index (χ3n) is 7.40. The third kappa shape index (κ3) is 8.42. The third-order valence-corrected chi connectivity index (χ3v) is 8.17. The lowest BCUT2D eigenvalue weighted by Crippen LogP contribution is -2.38. The first-order chi connectivity index (χ1) is 21.8. The largest absolute Gasteiger partial charge is 0.465 e. The van der Waals surface area contributed by atoms with Crippen molar-refractivity contribution in [1.29, 1.82) is 0 Å². The van der Waals surface area contributed by atoms with Gasteiger partial charge in [0.05, 0.1) is 38.3 Å². The molecular formula is C33H34Cl2N4O6. The highest BCUT2D eigenvalue weighted by molar-refractivity contribution is 6.40. The maximum atomic E-state index is 12.2. The normalized spacial score (nSPS) is 17.9. The molecule has 4 aromatic rings. The molecule has 5 rings (SSSR count). The van der Waals surface area contributed by atoms with E-state index in [1.54, 1.807) is 17.8 Å². The van der Waals surface area contributed by atoms with Gasteiger partial charge in [-0.05, 0) is 34.7 Å². The summed E-state index contributed by atoms with van der Waals surface area (Å²) in [5.41, 5.74) is 5.44. The SMILES string of the molecule is CCOC(=O)CNC(=O)NCc1ccccc1-c1ccc(C2OC(Cn3cnc(Cl)c3Cl)CC(c3ccc(CO)cc3)O2)cc1. The minimum Gasteiger partial charge on any atom is -0.465 e. The Labute approximate surface area is 271 Å². The van der Waals surface area contributed by atoms with Crippen molar-refractivity contribution < 1.29 is 28.9 Å². The van der Waals surface area contributed by atoms with Gasteiger partial charge < -0.3 is 34.5 Å². The number of hydrogen-bond donors (Lipinski definition) is 3. The number of hydrogen-bond acceptors (Lipinski definition) is 7. The van der Waals surface area contributed by atoms with Crippen LogP contribution in [0.4, 0.5) is 4.79 Å². The first-order valence-electron chi connectivity index (χ1n) is 14.6. The van der Waals surface area contributed by atoms with Gasteiger partial charge >= 0.3 is 12.0 Å². The van der Waals surface area contributed by atoms with E-state index in [9.17, 15) is 14.7 Å². The molecule has 3 atom stereocenters. The predicted octanol–water partition coefficient (Wildman–Crippen LogP) is 5.96. The molecule has 3 N–H and O–H groups in total. The molecule has 3 aromatic carbocycles. The number of urea groups is 1. The Bertz CT molecular complexity index is 1600. The fourth-order valence-electron chi connectivity index (χ4n) is 5.10. The first kappa shape index (κ1) is 32.5. The maximum absolute atomic E-state index is 12.2. The lowest BCUT2D eigenvalue weighted by molar-refractivity contribution is -0.252. The zero-order valence-corrected chi connectivity index (χ0v) is 26.1. The van der Waals surface area contributed by atoms with Gasteiger partial charge in [0.1, 0.15) is 11.7 Å². The van der Waals surface area contributed by atoms with Crippen LogP contribution >= 0.6 is 23.2 Å². The lowest BCUT2D eigenvalue weighted by Gasteiger charge is -2.36. The summed E-state index contributed by atoms with van der Waals surface area (Å²) in [6.07, 6.45) is 0.996.